The van der Waals surface area contributed by atoms with Crippen LogP contribution >= 0.6 is 0 Å². The minimum Gasteiger partial charge on any atom is -0.351 e. The molecule has 0 spiro atoms. The second-order valence-electron chi connectivity index (χ2n) is 7.80. The van der Waals surface area contributed by atoms with Crippen LogP contribution < -0.4 is 20.4 Å². The second kappa shape index (κ2) is 8.08. The highest BCUT2D eigenvalue weighted by Crippen LogP contribution is 2.39. The van der Waals surface area contributed by atoms with Gasteiger partial charge in [-0.3, -0.25) is 15.2 Å². The molecule has 1 fully saturated rings. The van der Waals surface area contributed by atoms with E-state index in [0.717, 1.165) is 28.1 Å². The van der Waals surface area contributed by atoms with Gasteiger partial charge in [-0.2, -0.15) is 10.4 Å². The Morgan fingerprint density at radius 3 is 3.10 bits per heavy atom. The molecular formula is C22H23N8O+. The number of nitrogens with zero attached hydrogens (tertiary/aromatic N) is 4. The van der Waals surface area contributed by atoms with Crippen molar-refractivity contribution in [1.82, 2.24) is 15.5 Å². The van der Waals surface area contributed by atoms with Gasteiger partial charge >= 0.3 is 0 Å². The monoisotopic (exact) mass is 415 g/mol. The van der Waals surface area contributed by atoms with E-state index < -0.39 is 0 Å². The fourth-order valence-corrected chi connectivity index (χ4v) is 3.74. The number of carbonyl (C=O) groups excluding carboxylic acids is 1. The zero-order chi connectivity index (χ0) is 21.2. The topological polar surface area (TPSA) is 114 Å². The van der Waals surface area contributed by atoms with Crippen molar-refractivity contribution in [2.24, 2.45) is 4.99 Å². The summed E-state index contributed by atoms with van der Waals surface area (Å²) in [6, 6.07) is 11.5. The third kappa shape index (κ3) is 4.06. The summed E-state index contributed by atoms with van der Waals surface area (Å²) in [5, 5.41) is 22.4. The Kier molecular flexibility index (Phi) is 4.98. The van der Waals surface area contributed by atoms with Gasteiger partial charge in [0.25, 0.3) is 5.91 Å². The molecule has 5 rings (SSSR count). The van der Waals surface area contributed by atoms with E-state index in [4.69, 9.17) is 5.26 Å². The average molecular weight is 415 g/mol. The lowest BCUT2D eigenvalue weighted by atomic mass is 10.1. The first kappa shape index (κ1) is 19.1. The van der Waals surface area contributed by atoms with Crippen molar-refractivity contribution < 1.29 is 9.69 Å². The van der Waals surface area contributed by atoms with Crippen LogP contribution in [0.4, 0.5) is 11.5 Å². The predicted octanol–water partition coefficient (Wildman–Crippen LogP) is 1.43. The maximum atomic E-state index is 12.4. The first-order chi connectivity index (χ1) is 15.2. The molecule has 1 aliphatic carbocycles. The highest BCUT2D eigenvalue weighted by molar-refractivity contribution is 5.95. The normalized spacial score (nSPS) is 19.3. The lowest BCUT2D eigenvalue weighted by Gasteiger charge is -2.29. The molecule has 0 bridgehead atoms. The van der Waals surface area contributed by atoms with Gasteiger partial charge in [0.15, 0.2) is 5.82 Å². The maximum absolute atomic E-state index is 12.4. The van der Waals surface area contributed by atoms with Crippen LogP contribution in [-0.4, -0.2) is 35.0 Å². The van der Waals surface area contributed by atoms with Crippen molar-refractivity contribution in [3.8, 4) is 6.07 Å². The zero-order valence-corrected chi connectivity index (χ0v) is 16.9. The van der Waals surface area contributed by atoms with E-state index in [1.807, 2.05) is 42.9 Å². The number of benzene rings is 1. The van der Waals surface area contributed by atoms with E-state index in [2.05, 4.69) is 36.8 Å². The van der Waals surface area contributed by atoms with Crippen molar-refractivity contribution in [3.05, 3.63) is 66.0 Å². The summed E-state index contributed by atoms with van der Waals surface area (Å²) in [6.45, 7) is 0.950. The fraction of sp³-hybridized carbons (Fsp3) is 0.273. The van der Waals surface area contributed by atoms with Crippen LogP contribution in [0.15, 0.2) is 59.7 Å². The molecule has 3 heterocycles. The Labute approximate surface area is 179 Å². The number of aliphatic imine (C=N–C) groups is 1. The molecule has 31 heavy (non-hydrogen) atoms. The van der Waals surface area contributed by atoms with Gasteiger partial charge in [0, 0.05) is 35.5 Å². The van der Waals surface area contributed by atoms with E-state index in [1.165, 1.54) is 18.5 Å². The van der Waals surface area contributed by atoms with Crippen LogP contribution in [-0.2, 0) is 0 Å². The number of aromatic nitrogens is 2. The third-order valence-electron chi connectivity index (χ3n) is 5.52. The number of quaternary nitrogens is 1. The van der Waals surface area contributed by atoms with E-state index in [9.17, 15) is 4.79 Å². The molecule has 3 aliphatic rings. The molecule has 9 nitrogen and oxygen atoms in total. The Balaban J connectivity index is 1.37. The first-order valence-electron chi connectivity index (χ1n) is 10.4. The van der Waals surface area contributed by atoms with Gasteiger partial charge in [-0.15, -0.1) is 0 Å². The van der Waals surface area contributed by atoms with E-state index in [0.29, 0.717) is 24.6 Å². The molecule has 1 amide bonds. The van der Waals surface area contributed by atoms with Crippen molar-refractivity contribution in [2.75, 3.05) is 23.3 Å². The smallest absolute Gasteiger partial charge is 0.251 e. The standard InChI is InChI=1S/C22H22N8O/c23-7-2-8-25-22(31)16-3-1-4-17(11-16)29-13-20-24-9-10-30(20)21(14-29)26-19-12-18(27-28-19)15-5-6-15/h1,3-4,9-12,14-15H,2,5-6,8,13H2,(H,25,31)(H2,26,27,28)/p+1. The number of hydrogen-bond acceptors (Lipinski definition) is 6. The molecule has 1 aromatic carbocycles. The van der Waals surface area contributed by atoms with Gasteiger partial charge < -0.3 is 10.2 Å². The molecule has 2 aromatic rings. The SMILES string of the molecule is N#CCCNC(=O)c1cccc(N2C=C(Nc3cc(C4CC4)[nH]n3)[NH+]3C=CN=C3C2)c1. The van der Waals surface area contributed by atoms with Crippen LogP contribution in [0.3, 0.4) is 0 Å². The van der Waals surface area contributed by atoms with E-state index >= 15 is 0 Å². The molecule has 1 atom stereocenters. The Hall–Kier alpha value is -3.90. The van der Waals surface area contributed by atoms with Crippen molar-refractivity contribution >= 4 is 23.2 Å². The fourth-order valence-electron chi connectivity index (χ4n) is 3.74. The van der Waals surface area contributed by atoms with Crippen molar-refractivity contribution in [1.29, 1.82) is 5.26 Å². The van der Waals surface area contributed by atoms with E-state index in [-0.39, 0.29) is 12.3 Å². The van der Waals surface area contributed by atoms with Crippen LogP contribution in [0.5, 0.6) is 0 Å². The Bertz CT molecular complexity index is 1130. The number of aromatic amines is 1. The minimum absolute atomic E-state index is 0.187. The average Bonchev–Trinajstić information content (AvgIpc) is 3.34. The summed E-state index contributed by atoms with van der Waals surface area (Å²) >= 11 is 0. The number of amides is 1. The van der Waals surface area contributed by atoms with Crippen LogP contribution in [0.2, 0.25) is 0 Å². The zero-order valence-electron chi connectivity index (χ0n) is 16.9. The lowest BCUT2D eigenvalue weighted by Crippen LogP contribution is -3.10. The molecule has 156 valence electrons. The summed E-state index contributed by atoms with van der Waals surface area (Å²) in [7, 11) is 0. The van der Waals surface area contributed by atoms with Crippen molar-refractivity contribution in [2.45, 2.75) is 25.2 Å². The molecule has 2 aliphatic heterocycles. The van der Waals surface area contributed by atoms with Crippen LogP contribution in [0.25, 0.3) is 0 Å². The van der Waals surface area contributed by atoms with Gasteiger partial charge in [-0.1, -0.05) is 6.07 Å². The van der Waals surface area contributed by atoms with Gasteiger partial charge in [0.1, 0.15) is 12.7 Å². The number of rotatable bonds is 7. The van der Waals surface area contributed by atoms with E-state index in [1.54, 1.807) is 6.07 Å². The third-order valence-corrected chi connectivity index (χ3v) is 5.52. The number of H-pyrrole nitrogens is 1. The highest BCUT2D eigenvalue weighted by Gasteiger charge is 2.33. The quantitative estimate of drug-likeness (QED) is 0.511. The number of anilines is 2. The Morgan fingerprint density at radius 1 is 1.35 bits per heavy atom. The highest BCUT2D eigenvalue weighted by atomic mass is 16.1. The summed E-state index contributed by atoms with van der Waals surface area (Å²) < 4.78 is 0. The largest absolute Gasteiger partial charge is 0.351 e. The number of fused-ring (bicyclic) bond motifs is 1. The Morgan fingerprint density at radius 2 is 2.26 bits per heavy atom. The first-order valence-corrected chi connectivity index (χ1v) is 10.4. The molecule has 1 saturated carbocycles. The lowest BCUT2D eigenvalue weighted by molar-refractivity contribution is -0.698. The molecule has 0 saturated heterocycles. The molecule has 0 radical (unpaired) electrons. The summed E-state index contributed by atoms with van der Waals surface area (Å²) in [6.07, 6.45) is 8.56. The predicted molar refractivity (Wildman–Crippen MR) is 116 cm³/mol. The maximum Gasteiger partial charge on any atom is 0.251 e. The molecule has 1 unspecified atom stereocenters. The summed E-state index contributed by atoms with van der Waals surface area (Å²) in [5.41, 5.74) is 2.62. The number of amidine groups is 1. The number of nitrogens with one attached hydrogen (secondary N) is 4. The van der Waals surface area contributed by atoms with Gasteiger partial charge in [0.05, 0.1) is 24.9 Å². The molecule has 4 N–H and O–H groups in total. The molecule has 1 aromatic heterocycles. The van der Waals surface area contributed by atoms with Crippen LogP contribution in [0.1, 0.15) is 41.2 Å². The molecule has 9 heteroatoms. The number of carbonyl (C=O) groups is 1. The van der Waals surface area contributed by atoms with Gasteiger partial charge in [-0.25, -0.2) is 9.89 Å². The molecular weight excluding hydrogens is 392 g/mol. The summed E-state index contributed by atoms with van der Waals surface area (Å²) in [4.78, 5) is 20.0. The minimum atomic E-state index is -0.187. The van der Waals surface area contributed by atoms with Gasteiger partial charge in [-0.05, 0) is 31.0 Å². The number of nitriles is 1. The summed E-state index contributed by atoms with van der Waals surface area (Å²) in [5.74, 6) is 3.09. The second-order valence-corrected chi connectivity index (χ2v) is 7.80. The number of hydrogen-bond donors (Lipinski definition) is 4. The van der Waals surface area contributed by atoms with Crippen molar-refractivity contribution in [3.63, 3.8) is 0 Å². The van der Waals surface area contributed by atoms with Gasteiger partial charge in [0.2, 0.25) is 11.7 Å². The van der Waals surface area contributed by atoms with Crippen LogP contribution in [0, 0.1) is 11.3 Å².